The highest BCUT2D eigenvalue weighted by Gasteiger charge is 2.22. The second-order valence-electron chi connectivity index (χ2n) is 8.88. The van der Waals surface area contributed by atoms with Crippen molar-refractivity contribution in [2.45, 2.75) is 13.0 Å². The Morgan fingerprint density at radius 2 is 1.89 bits per heavy atom. The summed E-state index contributed by atoms with van der Waals surface area (Å²) in [7, 11) is 0. The summed E-state index contributed by atoms with van der Waals surface area (Å²) in [6.07, 6.45) is 5.34. The van der Waals surface area contributed by atoms with Crippen molar-refractivity contribution in [3.8, 4) is 17.1 Å². The number of hydrogen-bond donors (Lipinski definition) is 2. The van der Waals surface area contributed by atoms with Crippen LogP contribution in [0.1, 0.15) is 17.5 Å². The van der Waals surface area contributed by atoms with Gasteiger partial charge in [-0.25, -0.2) is 9.97 Å². The van der Waals surface area contributed by atoms with E-state index < -0.39 is 0 Å². The Labute approximate surface area is 204 Å². The third-order valence-electron chi connectivity index (χ3n) is 6.57. The maximum absolute atomic E-state index is 6.09. The largest absolute Gasteiger partial charge is 0.489 e. The molecule has 0 spiro atoms. The number of rotatable bonds is 6. The number of aromatic nitrogens is 3. The number of aromatic amines is 1. The molecule has 2 aromatic heterocycles. The second-order valence-corrected chi connectivity index (χ2v) is 8.88. The van der Waals surface area contributed by atoms with Gasteiger partial charge in [0.05, 0.1) is 13.2 Å². The number of anilines is 1. The summed E-state index contributed by atoms with van der Waals surface area (Å²) in [5.74, 6) is 2.45. The molecule has 0 aliphatic carbocycles. The van der Waals surface area contributed by atoms with E-state index in [1.165, 1.54) is 5.57 Å². The topological polar surface area (TPSA) is 75.3 Å². The van der Waals surface area contributed by atoms with Crippen molar-refractivity contribution in [2.24, 2.45) is 0 Å². The maximum Gasteiger partial charge on any atom is 0.162 e. The van der Waals surface area contributed by atoms with Crippen LogP contribution in [0.3, 0.4) is 0 Å². The van der Waals surface area contributed by atoms with E-state index in [-0.39, 0.29) is 0 Å². The summed E-state index contributed by atoms with van der Waals surface area (Å²) in [4.78, 5) is 15.9. The van der Waals surface area contributed by atoms with Gasteiger partial charge in [0.15, 0.2) is 11.6 Å². The Morgan fingerprint density at radius 3 is 2.71 bits per heavy atom. The number of morpholine rings is 1. The van der Waals surface area contributed by atoms with Gasteiger partial charge in [-0.15, -0.1) is 0 Å². The van der Waals surface area contributed by atoms with E-state index in [0.29, 0.717) is 25.6 Å². The SMILES string of the molecule is C1=C(c2c[nH]c3c(N4CCOCC4)nc(-c4cccc(OCc5ccccc5)c4)nc23)CCNC1. The molecule has 2 aliphatic rings. The van der Waals surface area contributed by atoms with Gasteiger partial charge in [0.1, 0.15) is 23.4 Å². The lowest BCUT2D eigenvalue weighted by molar-refractivity contribution is 0.122. The first-order chi connectivity index (χ1) is 17.3. The normalized spacial score (nSPS) is 16.3. The number of nitrogens with zero attached hydrogens (tertiary/aromatic N) is 3. The van der Waals surface area contributed by atoms with Crippen molar-refractivity contribution >= 4 is 22.4 Å². The molecule has 7 nitrogen and oxygen atoms in total. The van der Waals surface area contributed by atoms with Gasteiger partial charge in [-0.05, 0) is 36.2 Å². The molecule has 35 heavy (non-hydrogen) atoms. The molecule has 0 saturated carbocycles. The van der Waals surface area contributed by atoms with E-state index in [9.17, 15) is 0 Å². The number of hydrogen-bond acceptors (Lipinski definition) is 6. The molecule has 1 saturated heterocycles. The smallest absolute Gasteiger partial charge is 0.162 e. The first-order valence-corrected chi connectivity index (χ1v) is 12.2. The van der Waals surface area contributed by atoms with Crippen LogP contribution in [0, 0.1) is 0 Å². The molecule has 6 rings (SSSR count). The first kappa shape index (κ1) is 21.8. The van der Waals surface area contributed by atoms with Crippen molar-refractivity contribution in [3.05, 3.63) is 78.0 Å². The van der Waals surface area contributed by atoms with Crippen molar-refractivity contribution < 1.29 is 9.47 Å². The fourth-order valence-electron chi connectivity index (χ4n) is 4.70. The monoisotopic (exact) mass is 467 g/mol. The number of ether oxygens (including phenoxy) is 2. The predicted octanol–water partition coefficient (Wildman–Crippen LogP) is 4.42. The summed E-state index contributed by atoms with van der Waals surface area (Å²) in [6.45, 7) is 5.42. The predicted molar refractivity (Wildman–Crippen MR) is 139 cm³/mol. The molecule has 178 valence electrons. The molecule has 1 fully saturated rings. The van der Waals surface area contributed by atoms with Crippen LogP contribution < -0.4 is 15.0 Å². The Morgan fingerprint density at radius 1 is 1.00 bits per heavy atom. The molecule has 2 aliphatic heterocycles. The average molecular weight is 468 g/mol. The van der Waals surface area contributed by atoms with Gasteiger partial charge in [-0.3, -0.25) is 0 Å². The van der Waals surface area contributed by atoms with Gasteiger partial charge in [-0.1, -0.05) is 48.5 Å². The van der Waals surface area contributed by atoms with Gasteiger partial charge < -0.3 is 24.7 Å². The molecule has 0 unspecified atom stereocenters. The van der Waals surface area contributed by atoms with E-state index in [1.54, 1.807) is 0 Å². The number of H-pyrrole nitrogens is 1. The summed E-state index contributed by atoms with van der Waals surface area (Å²) < 4.78 is 11.7. The molecule has 2 aromatic carbocycles. The number of fused-ring (bicyclic) bond motifs is 1. The Kier molecular flexibility index (Phi) is 6.17. The molecule has 2 N–H and O–H groups in total. The molecule has 0 bridgehead atoms. The van der Waals surface area contributed by atoms with E-state index >= 15 is 0 Å². The van der Waals surface area contributed by atoms with Gasteiger partial charge in [0.2, 0.25) is 0 Å². The van der Waals surface area contributed by atoms with E-state index in [0.717, 1.165) is 71.9 Å². The fourth-order valence-corrected chi connectivity index (χ4v) is 4.70. The third kappa shape index (κ3) is 4.65. The lowest BCUT2D eigenvalue weighted by Crippen LogP contribution is -2.37. The molecule has 0 atom stereocenters. The van der Waals surface area contributed by atoms with Crippen LogP contribution in [0.25, 0.3) is 28.0 Å². The van der Waals surface area contributed by atoms with Gasteiger partial charge in [0.25, 0.3) is 0 Å². The fraction of sp³-hybridized carbons (Fsp3) is 0.286. The summed E-state index contributed by atoms with van der Waals surface area (Å²) in [6, 6.07) is 18.3. The van der Waals surface area contributed by atoms with Crippen LogP contribution >= 0.6 is 0 Å². The van der Waals surface area contributed by atoms with E-state index in [2.05, 4.69) is 45.7 Å². The summed E-state index contributed by atoms with van der Waals surface area (Å²) >= 11 is 0. The van der Waals surface area contributed by atoms with Gasteiger partial charge in [0, 0.05) is 37.0 Å². The van der Waals surface area contributed by atoms with E-state index in [1.807, 2.05) is 36.4 Å². The molecule has 0 amide bonds. The highest BCUT2D eigenvalue weighted by atomic mass is 16.5. The Balaban J connectivity index is 1.39. The van der Waals surface area contributed by atoms with Crippen molar-refractivity contribution in [3.63, 3.8) is 0 Å². The minimum atomic E-state index is 0.521. The molecule has 4 aromatic rings. The minimum Gasteiger partial charge on any atom is -0.489 e. The first-order valence-electron chi connectivity index (χ1n) is 12.2. The Bertz CT molecular complexity index is 1340. The zero-order valence-electron chi connectivity index (χ0n) is 19.7. The molecule has 0 radical (unpaired) electrons. The third-order valence-corrected chi connectivity index (χ3v) is 6.57. The second kappa shape index (κ2) is 9.90. The molecular weight excluding hydrogens is 438 g/mol. The van der Waals surface area contributed by atoms with Crippen LogP contribution in [0.15, 0.2) is 66.9 Å². The molecule has 4 heterocycles. The maximum atomic E-state index is 6.09. The van der Waals surface area contributed by atoms with Crippen molar-refractivity contribution in [1.82, 2.24) is 20.3 Å². The highest BCUT2D eigenvalue weighted by Crippen LogP contribution is 2.34. The zero-order valence-corrected chi connectivity index (χ0v) is 19.7. The van der Waals surface area contributed by atoms with E-state index in [4.69, 9.17) is 19.4 Å². The van der Waals surface area contributed by atoms with Crippen LogP contribution in [0.4, 0.5) is 5.82 Å². The summed E-state index contributed by atoms with van der Waals surface area (Å²) in [5.41, 5.74) is 6.53. The molecule has 7 heteroatoms. The van der Waals surface area contributed by atoms with Crippen LogP contribution in [0.2, 0.25) is 0 Å². The Hall–Kier alpha value is -3.68. The average Bonchev–Trinajstić information content (AvgIpc) is 3.37. The molecular formula is C28H29N5O2. The lowest BCUT2D eigenvalue weighted by Gasteiger charge is -2.28. The quantitative estimate of drug-likeness (QED) is 0.437. The van der Waals surface area contributed by atoms with Crippen LogP contribution in [-0.2, 0) is 11.3 Å². The zero-order chi connectivity index (χ0) is 23.5. The van der Waals surface area contributed by atoms with Crippen LogP contribution in [-0.4, -0.2) is 54.3 Å². The van der Waals surface area contributed by atoms with Crippen molar-refractivity contribution in [2.75, 3.05) is 44.3 Å². The van der Waals surface area contributed by atoms with Crippen molar-refractivity contribution in [1.29, 1.82) is 0 Å². The minimum absolute atomic E-state index is 0.521. The number of benzene rings is 2. The highest BCUT2D eigenvalue weighted by molar-refractivity contribution is 5.96. The lowest BCUT2D eigenvalue weighted by atomic mass is 10.0. The number of nitrogens with one attached hydrogen (secondary N) is 2. The standard InChI is InChI=1S/C28H29N5O2/c1-2-5-20(6-3-1)19-35-23-8-4-7-22(17-23)27-31-25-24(21-9-11-29-12-10-21)18-30-26(25)28(32-27)33-13-15-34-16-14-33/h1-9,17-18,29-30H,10-16,19H2. The summed E-state index contributed by atoms with van der Waals surface area (Å²) in [5, 5.41) is 3.40. The van der Waals surface area contributed by atoms with Gasteiger partial charge in [-0.2, -0.15) is 0 Å². The van der Waals surface area contributed by atoms with Gasteiger partial charge >= 0.3 is 0 Å². The van der Waals surface area contributed by atoms with Crippen LogP contribution in [0.5, 0.6) is 5.75 Å².